The molecule has 1 aromatic carbocycles. The number of hydrogen-bond acceptors (Lipinski definition) is 4. The highest BCUT2D eigenvalue weighted by atomic mass is 32.2. The number of hydrogen-bond donors (Lipinski definition) is 0. The van der Waals surface area contributed by atoms with E-state index in [1.54, 1.807) is 12.3 Å². The highest BCUT2D eigenvalue weighted by Crippen LogP contribution is 2.33. The maximum atomic E-state index is 10.9. The molecule has 0 aliphatic rings. The van der Waals surface area contributed by atoms with Gasteiger partial charge in [-0.25, -0.2) is 4.98 Å². The Kier molecular flexibility index (Phi) is 4.16. The first kappa shape index (κ1) is 13.5. The van der Waals surface area contributed by atoms with Gasteiger partial charge in [-0.3, -0.25) is 10.1 Å². The second kappa shape index (κ2) is 5.84. The summed E-state index contributed by atoms with van der Waals surface area (Å²) in [6, 6.07) is 11.1. The predicted molar refractivity (Wildman–Crippen MR) is 75.5 cm³/mol. The van der Waals surface area contributed by atoms with E-state index in [1.165, 1.54) is 23.4 Å². The molecule has 5 heteroatoms. The van der Waals surface area contributed by atoms with Gasteiger partial charge in [-0.2, -0.15) is 0 Å². The van der Waals surface area contributed by atoms with Crippen molar-refractivity contribution in [3.63, 3.8) is 0 Å². The monoisotopic (exact) mass is 274 g/mol. The van der Waals surface area contributed by atoms with Crippen molar-refractivity contribution in [1.82, 2.24) is 4.98 Å². The second-order valence-electron chi connectivity index (χ2n) is 4.41. The molecule has 0 N–H and O–H groups in total. The summed E-state index contributed by atoms with van der Waals surface area (Å²) in [5, 5.41) is 11.3. The molecular weight excluding hydrogens is 260 g/mol. The van der Waals surface area contributed by atoms with Gasteiger partial charge in [-0.15, -0.1) is 0 Å². The number of nitro groups is 1. The zero-order valence-electron chi connectivity index (χ0n) is 10.7. The zero-order valence-corrected chi connectivity index (χ0v) is 11.6. The third-order valence-electron chi connectivity index (χ3n) is 2.71. The maximum Gasteiger partial charge on any atom is 0.301 e. The molecule has 0 spiro atoms. The fourth-order valence-corrected chi connectivity index (χ4v) is 2.49. The van der Waals surface area contributed by atoms with E-state index in [2.05, 4.69) is 18.8 Å². The lowest BCUT2D eigenvalue weighted by Crippen LogP contribution is -1.92. The van der Waals surface area contributed by atoms with Gasteiger partial charge in [0.05, 0.1) is 4.92 Å². The van der Waals surface area contributed by atoms with Gasteiger partial charge in [0.1, 0.15) is 0 Å². The molecule has 4 nitrogen and oxygen atoms in total. The van der Waals surface area contributed by atoms with Crippen molar-refractivity contribution >= 4 is 17.4 Å². The van der Waals surface area contributed by atoms with Crippen molar-refractivity contribution in [3.8, 4) is 0 Å². The quantitative estimate of drug-likeness (QED) is 0.617. The molecule has 98 valence electrons. The van der Waals surface area contributed by atoms with Crippen LogP contribution in [0.1, 0.15) is 25.3 Å². The van der Waals surface area contributed by atoms with Crippen LogP contribution in [-0.2, 0) is 0 Å². The van der Waals surface area contributed by atoms with Crippen LogP contribution in [0.2, 0.25) is 0 Å². The van der Waals surface area contributed by atoms with Gasteiger partial charge in [-0.05, 0) is 29.7 Å². The topological polar surface area (TPSA) is 56.0 Å². The molecule has 2 rings (SSSR count). The Balaban J connectivity index is 2.24. The van der Waals surface area contributed by atoms with Crippen molar-refractivity contribution < 1.29 is 4.92 Å². The third-order valence-corrected chi connectivity index (χ3v) is 3.72. The van der Waals surface area contributed by atoms with Crippen LogP contribution >= 0.6 is 11.8 Å². The fourth-order valence-electron chi connectivity index (χ4n) is 1.63. The van der Waals surface area contributed by atoms with Crippen LogP contribution in [0.25, 0.3) is 0 Å². The molecule has 19 heavy (non-hydrogen) atoms. The van der Waals surface area contributed by atoms with E-state index in [4.69, 9.17) is 0 Å². The molecule has 0 atom stereocenters. The van der Waals surface area contributed by atoms with Crippen LogP contribution in [-0.4, -0.2) is 9.91 Å². The Bertz CT molecular complexity index is 582. The van der Waals surface area contributed by atoms with E-state index in [-0.39, 0.29) is 5.69 Å². The van der Waals surface area contributed by atoms with E-state index in [9.17, 15) is 10.1 Å². The van der Waals surface area contributed by atoms with E-state index < -0.39 is 4.92 Å². The van der Waals surface area contributed by atoms with Gasteiger partial charge < -0.3 is 0 Å². The van der Waals surface area contributed by atoms with E-state index in [0.29, 0.717) is 10.9 Å². The minimum atomic E-state index is -0.405. The molecule has 0 unspecified atom stereocenters. The summed E-state index contributed by atoms with van der Waals surface area (Å²) < 4.78 is 0. The molecule has 0 fully saturated rings. The number of nitrogens with zero attached hydrogens (tertiary/aromatic N) is 2. The molecular formula is C14H14N2O2S. The van der Waals surface area contributed by atoms with Crippen molar-refractivity contribution in [2.75, 3.05) is 0 Å². The second-order valence-corrected chi connectivity index (χ2v) is 5.47. The average Bonchev–Trinajstić information content (AvgIpc) is 2.39. The number of pyridine rings is 1. The smallest absolute Gasteiger partial charge is 0.258 e. The molecule has 1 aromatic heterocycles. The Morgan fingerprint density at radius 1 is 1.21 bits per heavy atom. The Morgan fingerprint density at radius 3 is 2.47 bits per heavy atom. The summed E-state index contributed by atoms with van der Waals surface area (Å²) in [4.78, 5) is 15.5. The van der Waals surface area contributed by atoms with E-state index >= 15 is 0 Å². The summed E-state index contributed by atoms with van der Waals surface area (Å²) >= 11 is 1.31. The number of rotatable bonds is 4. The van der Waals surface area contributed by atoms with Crippen LogP contribution in [0.3, 0.4) is 0 Å². The lowest BCUT2D eigenvalue weighted by molar-refractivity contribution is -0.388. The van der Waals surface area contributed by atoms with Crippen LogP contribution in [0.4, 0.5) is 5.69 Å². The normalized spacial score (nSPS) is 10.7. The minimum Gasteiger partial charge on any atom is -0.258 e. The minimum absolute atomic E-state index is 0.0421. The highest BCUT2D eigenvalue weighted by molar-refractivity contribution is 7.99. The summed E-state index contributed by atoms with van der Waals surface area (Å²) in [6.45, 7) is 4.26. The predicted octanol–water partition coefficient (Wildman–Crippen LogP) is 4.26. The maximum absolute atomic E-state index is 10.9. The van der Waals surface area contributed by atoms with Crippen LogP contribution in [0, 0.1) is 10.1 Å². The standard InChI is InChI=1S/C14H14N2O2S/c1-10(2)11-5-7-12(8-6-11)19-14-13(16(17)18)4-3-9-15-14/h3-10H,1-2H3. The Hall–Kier alpha value is -1.88. The van der Waals surface area contributed by atoms with Gasteiger partial charge in [0.15, 0.2) is 5.03 Å². The first-order valence-corrected chi connectivity index (χ1v) is 6.77. The molecule has 0 amide bonds. The first-order chi connectivity index (χ1) is 9.08. The first-order valence-electron chi connectivity index (χ1n) is 5.95. The summed E-state index contributed by atoms with van der Waals surface area (Å²) in [7, 11) is 0. The summed E-state index contributed by atoms with van der Waals surface area (Å²) in [5.74, 6) is 0.475. The molecule has 0 saturated heterocycles. The van der Waals surface area contributed by atoms with Crippen molar-refractivity contribution in [2.24, 2.45) is 0 Å². The van der Waals surface area contributed by atoms with Crippen molar-refractivity contribution in [3.05, 3.63) is 58.3 Å². The van der Waals surface area contributed by atoms with Crippen LogP contribution in [0.15, 0.2) is 52.5 Å². The summed E-state index contributed by atoms with van der Waals surface area (Å²) in [6.07, 6.45) is 1.57. The molecule has 2 aromatic rings. The lowest BCUT2D eigenvalue weighted by Gasteiger charge is -2.06. The Labute approximate surface area is 116 Å². The van der Waals surface area contributed by atoms with Gasteiger partial charge in [-0.1, -0.05) is 37.7 Å². The molecule has 0 saturated carbocycles. The SMILES string of the molecule is CC(C)c1ccc(Sc2ncccc2[N+](=O)[O-])cc1. The molecule has 1 heterocycles. The van der Waals surface area contributed by atoms with Crippen molar-refractivity contribution in [2.45, 2.75) is 29.7 Å². The number of benzene rings is 1. The largest absolute Gasteiger partial charge is 0.301 e. The lowest BCUT2D eigenvalue weighted by atomic mass is 10.0. The zero-order chi connectivity index (χ0) is 13.8. The van der Waals surface area contributed by atoms with Gasteiger partial charge in [0.25, 0.3) is 0 Å². The highest BCUT2D eigenvalue weighted by Gasteiger charge is 2.15. The molecule has 0 aliphatic carbocycles. The van der Waals surface area contributed by atoms with E-state index in [1.807, 2.05) is 24.3 Å². The van der Waals surface area contributed by atoms with Gasteiger partial charge in [0.2, 0.25) is 0 Å². The van der Waals surface area contributed by atoms with E-state index in [0.717, 1.165) is 4.90 Å². The molecule has 0 radical (unpaired) electrons. The Morgan fingerprint density at radius 2 is 1.89 bits per heavy atom. The van der Waals surface area contributed by atoms with Crippen molar-refractivity contribution in [1.29, 1.82) is 0 Å². The molecule has 0 bridgehead atoms. The van der Waals surface area contributed by atoms with Crippen LogP contribution in [0.5, 0.6) is 0 Å². The molecule has 0 aliphatic heterocycles. The van der Waals surface area contributed by atoms with Crippen LogP contribution < -0.4 is 0 Å². The fraction of sp³-hybridized carbons (Fsp3) is 0.214. The number of aromatic nitrogens is 1. The van der Waals surface area contributed by atoms with Gasteiger partial charge >= 0.3 is 5.69 Å². The summed E-state index contributed by atoms with van der Waals surface area (Å²) in [5.41, 5.74) is 1.29. The average molecular weight is 274 g/mol. The van der Waals surface area contributed by atoms with Gasteiger partial charge in [0, 0.05) is 17.2 Å². The third kappa shape index (κ3) is 3.32.